The van der Waals surface area contributed by atoms with Crippen LogP contribution in [0.2, 0.25) is 0 Å². The molecule has 0 spiro atoms. The Labute approximate surface area is 98.6 Å². The number of ether oxygens (including phenoxy) is 2. The highest BCUT2D eigenvalue weighted by atomic mass is 16.6. The smallest absolute Gasteiger partial charge is 0.337 e. The second-order valence-corrected chi connectivity index (χ2v) is 3.69. The number of rotatable bonds is 4. The summed E-state index contributed by atoms with van der Waals surface area (Å²) < 4.78 is 10.7. The Morgan fingerprint density at radius 2 is 2.41 bits per heavy atom. The number of anilines is 1. The van der Waals surface area contributed by atoms with Crippen molar-refractivity contribution in [2.75, 3.05) is 31.7 Å². The predicted octanol–water partition coefficient (Wildman–Crippen LogP) is 0.607. The van der Waals surface area contributed by atoms with Gasteiger partial charge in [-0.25, -0.2) is 9.78 Å². The number of carboxylic acids is 1. The first kappa shape index (κ1) is 11.8. The molecule has 1 fully saturated rings. The highest BCUT2D eigenvalue weighted by molar-refractivity contribution is 5.87. The molecule has 1 atom stereocenters. The van der Waals surface area contributed by atoms with Crippen molar-refractivity contribution < 1.29 is 19.4 Å². The van der Waals surface area contributed by atoms with E-state index in [0.717, 1.165) is 0 Å². The monoisotopic (exact) mass is 238 g/mol. The van der Waals surface area contributed by atoms with Crippen LogP contribution in [0.1, 0.15) is 10.4 Å². The lowest BCUT2D eigenvalue weighted by Crippen LogP contribution is -2.34. The first-order valence-electron chi connectivity index (χ1n) is 5.38. The zero-order valence-corrected chi connectivity index (χ0v) is 9.26. The standard InChI is InChI=1S/C11H14N2O4/c14-11(15)8-1-2-10(12-5-8)13-6-9-7-16-3-4-17-9/h1-2,5,9H,3-4,6-7H2,(H,12,13)(H,14,15). The van der Waals surface area contributed by atoms with Crippen molar-refractivity contribution in [3.05, 3.63) is 23.9 Å². The van der Waals surface area contributed by atoms with Crippen LogP contribution >= 0.6 is 0 Å². The Bertz CT molecular complexity index is 374. The van der Waals surface area contributed by atoms with Crippen molar-refractivity contribution in [2.24, 2.45) is 0 Å². The molecule has 0 amide bonds. The fourth-order valence-electron chi connectivity index (χ4n) is 1.50. The number of pyridine rings is 1. The molecule has 6 nitrogen and oxygen atoms in total. The zero-order chi connectivity index (χ0) is 12.1. The van der Waals surface area contributed by atoms with Crippen LogP contribution in [0.4, 0.5) is 5.82 Å². The lowest BCUT2D eigenvalue weighted by atomic mass is 10.3. The van der Waals surface area contributed by atoms with Gasteiger partial charge >= 0.3 is 5.97 Å². The van der Waals surface area contributed by atoms with E-state index in [1.807, 2.05) is 0 Å². The summed E-state index contributed by atoms with van der Waals surface area (Å²) in [5.74, 6) is -0.350. The van der Waals surface area contributed by atoms with E-state index in [2.05, 4.69) is 10.3 Å². The first-order chi connectivity index (χ1) is 8.25. The molecular formula is C11H14N2O4. The molecule has 6 heteroatoms. The quantitative estimate of drug-likeness (QED) is 0.799. The molecule has 1 aliphatic rings. The van der Waals surface area contributed by atoms with Gasteiger partial charge in [-0.2, -0.15) is 0 Å². The minimum absolute atomic E-state index is 0.0182. The fourth-order valence-corrected chi connectivity index (χ4v) is 1.50. The number of hydrogen-bond acceptors (Lipinski definition) is 5. The van der Waals surface area contributed by atoms with Gasteiger partial charge < -0.3 is 19.9 Å². The molecule has 2 rings (SSSR count). The van der Waals surface area contributed by atoms with Gasteiger partial charge in [0.05, 0.1) is 31.5 Å². The minimum atomic E-state index is -0.979. The van der Waals surface area contributed by atoms with Gasteiger partial charge in [-0.15, -0.1) is 0 Å². The summed E-state index contributed by atoms with van der Waals surface area (Å²) in [7, 11) is 0. The summed E-state index contributed by atoms with van der Waals surface area (Å²) in [6, 6.07) is 3.14. The van der Waals surface area contributed by atoms with Gasteiger partial charge in [0.2, 0.25) is 0 Å². The Balaban J connectivity index is 1.84. The summed E-state index contributed by atoms with van der Waals surface area (Å²) >= 11 is 0. The van der Waals surface area contributed by atoms with E-state index in [4.69, 9.17) is 14.6 Å². The van der Waals surface area contributed by atoms with Crippen LogP contribution < -0.4 is 5.32 Å². The number of hydrogen-bond donors (Lipinski definition) is 2. The van der Waals surface area contributed by atoms with Crippen molar-refractivity contribution in [1.29, 1.82) is 0 Å². The molecule has 2 heterocycles. The van der Waals surface area contributed by atoms with Gasteiger partial charge in [-0.05, 0) is 12.1 Å². The van der Waals surface area contributed by atoms with Crippen LogP contribution in [0.3, 0.4) is 0 Å². The lowest BCUT2D eigenvalue weighted by Gasteiger charge is -2.23. The number of nitrogens with zero attached hydrogens (tertiary/aromatic N) is 1. The third-order valence-corrected chi connectivity index (χ3v) is 2.41. The summed E-state index contributed by atoms with van der Waals surface area (Å²) in [5, 5.41) is 11.8. The predicted molar refractivity (Wildman–Crippen MR) is 60.2 cm³/mol. The van der Waals surface area contributed by atoms with E-state index in [9.17, 15) is 4.79 Å². The number of carboxylic acid groups (broad SMARTS) is 1. The molecule has 0 radical (unpaired) electrons. The molecule has 1 unspecified atom stereocenters. The van der Waals surface area contributed by atoms with Crippen molar-refractivity contribution in [3.63, 3.8) is 0 Å². The Morgan fingerprint density at radius 3 is 3.00 bits per heavy atom. The molecule has 1 aromatic rings. The Morgan fingerprint density at radius 1 is 1.53 bits per heavy atom. The van der Waals surface area contributed by atoms with Crippen molar-refractivity contribution in [2.45, 2.75) is 6.10 Å². The number of carbonyl (C=O) groups is 1. The highest BCUT2D eigenvalue weighted by Crippen LogP contribution is 2.07. The molecule has 1 aromatic heterocycles. The second-order valence-electron chi connectivity index (χ2n) is 3.69. The van der Waals surface area contributed by atoms with E-state index in [1.54, 1.807) is 6.07 Å². The van der Waals surface area contributed by atoms with Gasteiger partial charge in [-0.3, -0.25) is 0 Å². The molecule has 0 bridgehead atoms. The van der Waals surface area contributed by atoms with Gasteiger partial charge in [0.25, 0.3) is 0 Å². The Kier molecular flexibility index (Phi) is 3.89. The largest absolute Gasteiger partial charge is 0.478 e. The number of aromatic carboxylic acids is 1. The van der Waals surface area contributed by atoms with Gasteiger partial charge in [0.15, 0.2) is 0 Å². The average Bonchev–Trinajstić information content (AvgIpc) is 2.38. The van der Waals surface area contributed by atoms with Gasteiger partial charge in [-0.1, -0.05) is 0 Å². The van der Waals surface area contributed by atoms with E-state index >= 15 is 0 Å². The fraction of sp³-hybridized carbons (Fsp3) is 0.455. The molecule has 1 saturated heterocycles. The van der Waals surface area contributed by atoms with Crippen LogP contribution in [-0.4, -0.2) is 48.5 Å². The van der Waals surface area contributed by atoms with Gasteiger partial charge in [0.1, 0.15) is 5.82 Å². The van der Waals surface area contributed by atoms with Crippen molar-refractivity contribution >= 4 is 11.8 Å². The van der Waals surface area contributed by atoms with Crippen LogP contribution in [0.5, 0.6) is 0 Å². The van der Waals surface area contributed by atoms with E-state index in [-0.39, 0.29) is 11.7 Å². The Hall–Kier alpha value is -1.66. The molecule has 92 valence electrons. The minimum Gasteiger partial charge on any atom is -0.478 e. The molecule has 17 heavy (non-hydrogen) atoms. The molecule has 1 aliphatic heterocycles. The third-order valence-electron chi connectivity index (χ3n) is 2.41. The maximum atomic E-state index is 10.6. The zero-order valence-electron chi connectivity index (χ0n) is 9.26. The second kappa shape index (κ2) is 5.60. The third kappa shape index (κ3) is 3.40. The number of nitrogens with one attached hydrogen (secondary N) is 1. The topological polar surface area (TPSA) is 80.7 Å². The normalized spacial score (nSPS) is 19.9. The van der Waals surface area contributed by atoms with E-state index in [1.165, 1.54) is 12.3 Å². The summed E-state index contributed by atoms with van der Waals surface area (Å²) in [4.78, 5) is 14.6. The number of aromatic nitrogens is 1. The van der Waals surface area contributed by atoms with Crippen LogP contribution in [0.15, 0.2) is 18.3 Å². The summed E-state index contributed by atoms with van der Waals surface area (Å²) in [6.07, 6.45) is 1.34. The molecule has 0 saturated carbocycles. The molecule has 0 aliphatic carbocycles. The van der Waals surface area contributed by atoms with Crippen LogP contribution in [0.25, 0.3) is 0 Å². The molecule has 0 aromatic carbocycles. The van der Waals surface area contributed by atoms with E-state index in [0.29, 0.717) is 32.2 Å². The maximum Gasteiger partial charge on any atom is 0.337 e. The SMILES string of the molecule is O=C(O)c1ccc(NCC2COCCO2)nc1. The van der Waals surface area contributed by atoms with Crippen molar-refractivity contribution in [1.82, 2.24) is 4.98 Å². The average molecular weight is 238 g/mol. The van der Waals surface area contributed by atoms with Gasteiger partial charge in [0, 0.05) is 12.7 Å². The summed E-state index contributed by atoms with van der Waals surface area (Å²) in [6.45, 7) is 2.42. The molecular weight excluding hydrogens is 224 g/mol. The van der Waals surface area contributed by atoms with Crippen LogP contribution in [0, 0.1) is 0 Å². The van der Waals surface area contributed by atoms with E-state index < -0.39 is 5.97 Å². The maximum absolute atomic E-state index is 10.6. The van der Waals surface area contributed by atoms with Crippen LogP contribution in [-0.2, 0) is 9.47 Å². The first-order valence-corrected chi connectivity index (χ1v) is 5.38. The van der Waals surface area contributed by atoms with Crippen molar-refractivity contribution in [3.8, 4) is 0 Å². The molecule has 2 N–H and O–H groups in total. The summed E-state index contributed by atoms with van der Waals surface area (Å²) in [5.41, 5.74) is 0.174. The lowest BCUT2D eigenvalue weighted by molar-refractivity contribution is -0.0819. The highest BCUT2D eigenvalue weighted by Gasteiger charge is 2.13.